The number of aryl methyl sites for hydroxylation is 3. The van der Waals surface area contributed by atoms with E-state index in [4.69, 9.17) is 0 Å². The second-order valence-corrected chi connectivity index (χ2v) is 8.84. The first kappa shape index (κ1) is 19.3. The van der Waals surface area contributed by atoms with Crippen LogP contribution in [0.3, 0.4) is 0 Å². The molecule has 1 amide bonds. The summed E-state index contributed by atoms with van der Waals surface area (Å²) < 4.78 is 0. The highest BCUT2D eigenvalue weighted by molar-refractivity contribution is 7.15. The van der Waals surface area contributed by atoms with Crippen molar-refractivity contribution in [3.05, 3.63) is 21.6 Å². The molecule has 3 heterocycles. The van der Waals surface area contributed by atoms with Crippen molar-refractivity contribution in [2.75, 3.05) is 23.7 Å². The van der Waals surface area contributed by atoms with Gasteiger partial charge in [0.2, 0.25) is 5.91 Å². The van der Waals surface area contributed by atoms with Gasteiger partial charge in [0.25, 0.3) is 0 Å². The molecule has 142 valence electrons. The Morgan fingerprint density at radius 2 is 2.04 bits per heavy atom. The van der Waals surface area contributed by atoms with Crippen molar-refractivity contribution in [2.24, 2.45) is 0 Å². The zero-order chi connectivity index (χ0) is 18.7. The van der Waals surface area contributed by atoms with Crippen LogP contribution in [-0.4, -0.2) is 45.9 Å². The molecule has 26 heavy (non-hydrogen) atoms. The number of thiazole rings is 2. The second kappa shape index (κ2) is 8.45. The molecule has 1 saturated heterocycles. The van der Waals surface area contributed by atoms with Crippen molar-refractivity contribution in [1.29, 1.82) is 0 Å². The summed E-state index contributed by atoms with van der Waals surface area (Å²) in [6.07, 6.45) is 3.02. The minimum atomic E-state index is -0.146. The third-order valence-corrected chi connectivity index (χ3v) is 6.77. The highest BCUT2D eigenvalue weighted by Crippen LogP contribution is 2.23. The minimum absolute atomic E-state index is 0.0256. The molecule has 1 unspecified atom stereocenters. The second-order valence-electron chi connectivity index (χ2n) is 6.78. The molecular formula is C18H27N5OS2. The molecule has 2 N–H and O–H groups in total. The first-order valence-corrected chi connectivity index (χ1v) is 10.9. The zero-order valence-corrected chi connectivity index (χ0v) is 17.5. The number of carbonyl (C=O) groups excluding carboxylic acids is 1. The van der Waals surface area contributed by atoms with Gasteiger partial charge in [-0.15, -0.1) is 22.7 Å². The average molecular weight is 394 g/mol. The third kappa shape index (κ3) is 4.61. The normalized spacial score (nSPS) is 17.2. The van der Waals surface area contributed by atoms with Gasteiger partial charge in [-0.3, -0.25) is 9.69 Å². The Balaban J connectivity index is 1.48. The predicted octanol–water partition coefficient (Wildman–Crippen LogP) is 3.68. The molecule has 1 atom stereocenters. The number of hydrogen-bond donors (Lipinski definition) is 2. The molecule has 2 aromatic heterocycles. The average Bonchev–Trinajstić information content (AvgIpc) is 3.21. The summed E-state index contributed by atoms with van der Waals surface area (Å²) in [7, 11) is 0. The van der Waals surface area contributed by atoms with E-state index in [9.17, 15) is 4.79 Å². The summed E-state index contributed by atoms with van der Waals surface area (Å²) in [6, 6.07) is 0.286. The Bertz CT molecular complexity index is 729. The van der Waals surface area contributed by atoms with Gasteiger partial charge in [-0.25, -0.2) is 9.97 Å². The fourth-order valence-corrected chi connectivity index (χ4v) is 4.73. The minimum Gasteiger partial charge on any atom is -0.359 e. The van der Waals surface area contributed by atoms with E-state index in [-0.39, 0.29) is 11.9 Å². The molecule has 3 rings (SSSR count). The first-order valence-electron chi connectivity index (χ1n) is 9.16. The molecule has 2 aromatic rings. The number of rotatable bonds is 6. The number of hydrogen-bond acceptors (Lipinski definition) is 7. The predicted molar refractivity (Wildman–Crippen MR) is 109 cm³/mol. The van der Waals surface area contributed by atoms with E-state index in [1.807, 2.05) is 20.8 Å². The van der Waals surface area contributed by atoms with Crippen molar-refractivity contribution in [2.45, 2.75) is 59.0 Å². The Labute approximate surface area is 163 Å². The zero-order valence-electron chi connectivity index (χ0n) is 15.8. The van der Waals surface area contributed by atoms with E-state index in [1.54, 1.807) is 11.3 Å². The van der Waals surface area contributed by atoms with Crippen molar-refractivity contribution < 1.29 is 4.79 Å². The molecule has 1 aliphatic rings. The van der Waals surface area contributed by atoms with Crippen LogP contribution in [0.2, 0.25) is 0 Å². The Morgan fingerprint density at radius 3 is 2.62 bits per heavy atom. The van der Waals surface area contributed by atoms with Crippen LogP contribution in [0.25, 0.3) is 0 Å². The number of carbonyl (C=O) groups is 1. The van der Waals surface area contributed by atoms with Gasteiger partial charge in [-0.2, -0.15) is 0 Å². The Hall–Kier alpha value is -1.51. The van der Waals surface area contributed by atoms with Gasteiger partial charge in [0.15, 0.2) is 10.3 Å². The molecule has 0 saturated carbocycles. The first-order chi connectivity index (χ1) is 12.5. The van der Waals surface area contributed by atoms with Gasteiger partial charge in [0, 0.05) is 29.4 Å². The monoisotopic (exact) mass is 393 g/mol. The van der Waals surface area contributed by atoms with Crippen LogP contribution in [0.1, 0.15) is 43.0 Å². The summed E-state index contributed by atoms with van der Waals surface area (Å²) in [5.74, 6) is 0.0256. The summed E-state index contributed by atoms with van der Waals surface area (Å²) in [5, 5.41) is 10.3. The lowest BCUT2D eigenvalue weighted by atomic mass is 10.0. The van der Waals surface area contributed by atoms with Crippen LogP contribution in [0, 0.1) is 13.8 Å². The lowest BCUT2D eigenvalue weighted by molar-refractivity contribution is -0.121. The molecule has 6 nitrogen and oxygen atoms in total. The molecule has 0 bridgehead atoms. The highest BCUT2D eigenvalue weighted by Gasteiger charge is 2.27. The number of nitrogens with zero attached hydrogens (tertiary/aromatic N) is 3. The van der Waals surface area contributed by atoms with Gasteiger partial charge < -0.3 is 10.6 Å². The fraction of sp³-hybridized carbons (Fsp3) is 0.611. The van der Waals surface area contributed by atoms with E-state index in [1.165, 1.54) is 11.3 Å². The quantitative estimate of drug-likeness (QED) is 0.783. The van der Waals surface area contributed by atoms with Crippen LogP contribution in [-0.2, 0) is 11.2 Å². The summed E-state index contributed by atoms with van der Waals surface area (Å²) in [4.78, 5) is 24.9. The topological polar surface area (TPSA) is 70.2 Å². The number of aromatic nitrogens is 2. The fourth-order valence-electron chi connectivity index (χ4n) is 3.04. The molecule has 0 aromatic carbocycles. The lowest BCUT2D eigenvalue weighted by Gasteiger charge is -2.35. The van der Waals surface area contributed by atoms with Gasteiger partial charge in [-0.05, 0) is 40.0 Å². The van der Waals surface area contributed by atoms with Crippen molar-refractivity contribution in [3.8, 4) is 0 Å². The number of piperidine rings is 1. The lowest BCUT2D eigenvalue weighted by Crippen LogP contribution is -2.48. The van der Waals surface area contributed by atoms with E-state index in [0.717, 1.165) is 53.7 Å². The maximum absolute atomic E-state index is 12.5. The third-order valence-electron chi connectivity index (χ3n) is 4.96. The highest BCUT2D eigenvalue weighted by atomic mass is 32.1. The summed E-state index contributed by atoms with van der Waals surface area (Å²) >= 11 is 3.21. The van der Waals surface area contributed by atoms with Gasteiger partial charge in [0.05, 0.1) is 17.4 Å². The Kier molecular flexibility index (Phi) is 6.26. The van der Waals surface area contributed by atoms with E-state index < -0.39 is 0 Å². The van der Waals surface area contributed by atoms with Gasteiger partial charge in [0.1, 0.15) is 0 Å². The van der Waals surface area contributed by atoms with Crippen LogP contribution < -0.4 is 10.6 Å². The molecule has 0 spiro atoms. The number of amides is 1. The molecule has 8 heteroatoms. The number of anilines is 2. The number of nitrogens with one attached hydrogen (secondary N) is 2. The van der Waals surface area contributed by atoms with Gasteiger partial charge in [-0.1, -0.05) is 6.92 Å². The molecule has 0 radical (unpaired) electrons. The van der Waals surface area contributed by atoms with Crippen LogP contribution >= 0.6 is 22.7 Å². The van der Waals surface area contributed by atoms with Crippen molar-refractivity contribution >= 4 is 38.8 Å². The summed E-state index contributed by atoms with van der Waals surface area (Å²) in [5.41, 5.74) is 2.13. The molecule has 0 aliphatic carbocycles. The largest absolute Gasteiger partial charge is 0.359 e. The van der Waals surface area contributed by atoms with E-state index >= 15 is 0 Å². The number of likely N-dealkylation sites (tertiary alicyclic amines) is 1. The van der Waals surface area contributed by atoms with Gasteiger partial charge >= 0.3 is 0 Å². The standard InChI is InChI=1S/C18H27N5OS2/c1-5-14-10-25-17(20-14)21-15-6-8-23(9-7-15)12(3)16(24)22-18-19-11(2)13(4)26-18/h10,12,15H,5-9H2,1-4H3,(H,20,21)(H,19,22,24). The van der Waals surface area contributed by atoms with E-state index in [2.05, 4.69) is 37.8 Å². The molecular weight excluding hydrogens is 366 g/mol. The van der Waals surface area contributed by atoms with Crippen LogP contribution in [0.15, 0.2) is 5.38 Å². The van der Waals surface area contributed by atoms with Crippen LogP contribution in [0.4, 0.5) is 10.3 Å². The SMILES string of the molecule is CCc1csc(NC2CCN(C(C)C(=O)Nc3nc(C)c(C)s3)CC2)n1. The summed E-state index contributed by atoms with van der Waals surface area (Å²) in [6.45, 7) is 9.91. The van der Waals surface area contributed by atoms with Crippen molar-refractivity contribution in [3.63, 3.8) is 0 Å². The van der Waals surface area contributed by atoms with E-state index in [0.29, 0.717) is 11.2 Å². The Morgan fingerprint density at radius 1 is 1.31 bits per heavy atom. The molecule has 1 fully saturated rings. The maximum atomic E-state index is 12.5. The van der Waals surface area contributed by atoms with Crippen molar-refractivity contribution in [1.82, 2.24) is 14.9 Å². The maximum Gasteiger partial charge on any atom is 0.243 e. The molecule has 1 aliphatic heterocycles. The smallest absolute Gasteiger partial charge is 0.243 e. The van der Waals surface area contributed by atoms with Crippen LogP contribution in [0.5, 0.6) is 0 Å².